The molecule has 14 heavy (non-hydrogen) atoms. The van der Waals surface area contributed by atoms with E-state index >= 15 is 0 Å². The lowest BCUT2D eigenvalue weighted by Crippen LogP contribution is -2.36. The molecule has 1 rings (SSSR count). The highest BCUT2D eigenvalue weighted by atomic mass is 79.9. The van der Waals surface area contributed by atoms with Gasteiger partial charge >= 0.3 is 0 Å². The average Bonchev–Trinajstić information content (AvgIpc) is 2.25. The van der Waals surface area contributed by atoms with Crippen LogP contribution in [0, 0.1) is 17.2 Å². The number of hydrogen-bond acceptors (Lipinski definition) is 2. The van der Waals surface area contributed by atoms with Crippen LogP contribution in [0.4, 0.5) is 0 Å². The maximum atomic E-state index is 8.80. The normalized spacial score (nSPS) is 27.1. The smallest absolute Gasteiger partial charge is 0.0955 e. The van der Waals surface area contributed by atoms with Crippen LogP contribution in [0.3, 0.4) is 0 Å². The Morgan fingerprint density at radius 1 is 1.36 bits per heavy atom. The van der Waals surface area contributed by atoms with E-state index in [0.29, 0.717) is 0 Å². The fourth-order valence-corrected chi connectivity index (χ4v) is 2.46. The van der Waals surface area contributed by atoms with Crippen molar-refractivity contribution in [2.75, 3.05) is 11.9 Å². The third kappa shape index (κ3) is 4.43. The summed E-state index contributed by atoms with van der Waals surface area (Å²) in [4.78, 5) is 0. The van der Waals surface area contributed by atoms with Gasteiger partial charge in [-0.25, -0.2) is 0 Å². The Hall–Kier alpha value is -0.0700. The van der Waals surface area contributed by atoms with E-state index in [4.69, 9.17) is 5.26 Å². The van der Waals surface area contributed by atoms with Crippen molar-refractivity contribution in [2.45, 2.75) is 44.6 Å². The maximum absolute atomic E-state index is 8.80. The molecule has 3 heteroatoms. The molecule has 0 saturated carbocycles. The first-order chi connectivity index (χ1) is 6.86. The highest BCUT2D eigenvalue weighted by molar-refractivity contribution is 9.09. The van der Waals surface area contributed by atoms with Gasteiger partial charge in [-0.1, -0.05) is 35.2 Å². The van der Waals surface area contributed by atoms with Crippen molar-refractivity contribution >= 4 is 15.9 Å². The number of nitrogens with zero attached hydrogens (tertiary/aromatic N) is 1. The van der Waals surface area contributed by atoms with Crippen LogP contribution in [0.25, 0.3) is 0 Å². The van der Waals surface area contributed by atoms with Crippen molar-refractivity contribution in [2.24, 2.45) is 5.92 Å². The van der Waals surface area contributed by atoms with Gasteiger partial charge in [0.15, 0.2) is 0 Å². The van der Waals surface area contributed by atoms with Gasteiger partial charge in [-0.3, -0.25) is 0 Å². The SMILES string of the molecule is N#CC1CC(CCCCCBr)CCN1. The summed E-state index contributed by atoms with van der Waals surface area (Å²) in [7, 11) is 0. The first-order valence-corrected chi connectivity index (χ1v) is 6.68. The Labute approximate surface area is 95.2 Å². The van der Waals surface area contributed by atoms with Gasteiger partial charge in [-0.05, 0) is 31.7 Å². The van der Waals surface area contributed by atoms with Crippen LogP contribution in [0.15, 0.2) is 0 Å². The molecule has 2 nitrogen and oxygen atoms in total. The second-order valence-electron chi connectivity index (χ2n) is 4.06. The molecule has 1 heterocycles. The monoisotopic (exact) mass is 258 g/mol. The fourth-order valence-electron chi connectivity index (χ4n) is 2.06. The lowest BCUT2D eigenvalue weighted by atomic mass is 9.88. The molecule has 80 valence electrons. The lowest BCUT2D eigenvalue weighted by Gasteiger charge is -2.26. The summed E-state index contributed by atoms with van der Waals surface area (Å²) in [5.74, 6) is 0.788. The van der Waals surface area contributed by atoms with Crippen molar-refractivity contribution in [1.82, 2.24) is 5.32 Å². The third-order valence-electron chi connectivity index (χ3n) is 2.91. The second kappa shape index (κ2) is 7.25. The van der Waals surface area contributed by atoms with Gasteiger partial charge < -0.3 is 5.32 Å². The number of rotatable bonds is 5. The molecule has 0 radical (unpaired) electrons. The number of hydrogen-bond donors (Lipinski definition) is 1. The molecule has 0 amide bonds. The summed E-state index contributed by atoms with van der Waals surface area (Å²) >= 11 is 3.44. The molecular weight excluding hydrogens is 240 g/mol. The predicted molar refractivity (Wildman–Crippen MR) is 62.4 cm³/mol. The largest absolute Gasteiger partial charge is 0.302 e. The van der Waals surface area contributed by atoms with Crippen molar-refractivity contribution in [3.05, 3.63) is 0 Å². The number of alkyl halides is 1. The Morgan fingerprint density at radius 2 is 2.21 bits per heavy atom. The summed E-state index contributed by atoms with van der Waals surface area (Å²) in [6, 6.07) is 2.43. The van der Waals surface area contributed by atoms with E-state index in [1.807, 2.05) is 0 Å². The van der Waals surface area contributed by atoms with E-state index in [1.54, 1.807) is 0 Å². The maximum Gasteiger partial charge on any atom is 0.0955 e. The van der Waals surface area contributed by atoms with Gasteiger partial charge in [0.05, 0.1) is 12.1 Å². The van der Waals surface area contributed by atoms with Gasteiger partial charge in [0.25, 0.3) is 0 Å². The average molecular weight is 259 g/mol. The number of halogens is 1. The summed E-state index contributed by atoms with van der Waals surface area (Å²) < 4.78 is 0. The van der Waals surface area contributed by atoms with E-state index in [9.17, 15) is 0 Å². The fraction of sp³-hybridized carbons (Fsp3) is 0.909. The third-order valence-corrected chi connectivity index (χ3v) is 3.47. The first kappa shape index (κ1) is 12.0. The van der Waals surface area contributed by atoms with Gasteiger partial charge in [-0.2, -0.15) is 5.26 Å². The number of unbranched alkanes of at least 4 members (excludes halogenated alkanes) is 2. The van der Waals surface area contributed by atoms with Crippen molar-refractivity contribution in [3.63, 3.8) is 0 Å². The van der Waals surface area contributed by atoms with Crippen LogP contribution >= 0.6 is 15.9 Å². The van der Waals surface area contributed by atoms with Gasteiger partial charge in [-0.15, -0.1) is 0 Å². The Bertz CT molecular complexity index is 188. The minimum atomic E-state index is 0.116. The second-order valence-corrected chi connectivity index (χ2v) is 4.86. The van der Waals surface area contributed by atoms with Crippen molar-refractivity contribution < 1.29 is 0 Å². The molecule has 0 aromatic rings. The molecule has 0 spiro atoms. The molecule has 2 unspecified atom stereocenters. The lowest BCUT2D eigenvalue weighted by molar-refractivity contribution is 0.313. The number of piperidine rings is 1. The van der Waals surface area contributed by atoms with Gasteiger partial charge in [0.2, 0.25) is 0 Å². The van der Waals surface area contributed by atoms with Crippen LogP contribution in [0.2, 0.25) is 0 Å². The molecule has 1 N–H and O–H groups in total. The minimum absolute atomic E-state index is 0.116. The Kier molecular flexibility index (Phi) is 6.22. The van der Waals surface area contributed by atoms with Gasteiger partial charge in [0, 0.05) is 5.33 Å². The minimum Gasteiger partial charge on any atom is -0.302 e. The topological polar surface area (TPSA) is 35.8 Å². The Balaban J connectivity index is 2.09. The summed E-state index contributed by atoms with van der Waals surface area (Å²) in [5, 5.41) is 13.2. The van der Waals surface area contributed by atoms with Crippen LogP contribution < -0.4 is 5.32 Å². The molecule has 0 aliphatic carbocycles. The zero-order valence-electron chi connectivity index (χ0n) is 8.64. The van der Waals surface area contributed by atoms with E-state index in [1.165, 1.54) is 32.1 Å². The molecule has 0 aromatic carbocycles. The van der Waals surface area contributed by atoms with Crippen molar-refractivity contribution in [3.8, 4) is 6.07 Å². The first-order valence-electron chi connectivity index (χ1n) is 5.55. The summed E-state index contributed by atoms with van der Waals surface area (Å²) in [6.07, 6.45) is 7.57. The number of nitrogens with one attached hydrogen (secondary N) is 1. The molecule has 2 atom stereocenters. The molecular formula is C11H19BrN2. The van der Waals surface area contributed by atoms with Crippen LogP contribution in [-0.4, -0.2) is 17.9 Å². The summed E-state index contributed by atoms with van der Waals surface area (Å²) in [5.41, 5.74) is 0. The molecule has 1 saturated heterocycles. The molecule has 0 aromatic heterocycles. The van der Waals surface area contributed by atoms with E-state index in [0.717, 1.165) is 24.2 Å². The highest BCUT2D eigenvalue weighted by Crippen LogP contribution is 2.22. The Morgan fingerprint density at radius 3 is 2.93 bits per heavy atom. The molecule has 1 aliphatic heterocycles. The zero-order chi connectivity index (χ0) is 10.2. The van der Waals surface area contributed by atoms with E-state index in [2.05, 4.69) is 27.3 Å². The quantitative estimate of drug-likeness (QED) is 0.608. The van der Waals surface area contributed by atoms with Gasteiger partial charge in [0.1, 0.15) is 0 Å². The van der Waals surface area contributed by atoms with Crippen LogP contribution in [-0.2, 0) is 0 Å². The summed E-state index contributed by atoms with van der Waals surface area (Å²) in [6.45, 7) is 1.03. The van der Waals surface area contributed by atoms with E-state index in [-0.39, 0.29) is 6.04 Å². The zero-order valence-corrected chi connectivity index (χ0v) is 10.2. The number of nitriles is 1. The van der Waals surface area contributed by atoms with E-state index < -0.39 is 0 Å². The predicted octanol–water partition coefficient (Wildman–Crippen LogP) is 2.83. The molecule has 1 fully saturated rings. The van der Waals surface area contributed by atoms with Crippen molar-refractivity contribution in [1.29, 1.82) is 5.26 Å². The van der Waals surface area contributed by atoms with Crippen LogP contribution in [0.5, 0.6) is 0 Å². The molecule has 1 aliphatic rings. The standard InChI is InChI=1S/C11H19BrN2/c12-6-3-1-2-4-10-5-7-14-11(8-10)9-13/h10-11,14H,1-8H2. The molecule has 0 bridgehead atoms. The van der Waals surface area contributed by atoms with Crippen LogP contribution in [0.1, 0.15) is 38.5 Å². The highest BCUT2D eigenvalue weighted by Gasteiger charge is 2.20.